The Bertz CT molecular complexity index is 950. The van der Waals surface area contributed by atoms with E-state index >= 15 is 0 Å². The van der Waals surface area contributed by atoms with Gasteiger partial charge in [0.2, 0.25) is 6.29 Å². The number of benzene rings is 1. The van der Waals surface area contributed by atoms with Gasteiger partial charge in [-0.05, 0) is 30.3 Å². The van der Waals surface area contributed by atoms with Crippen molar-refractivity contribution in [3.8, 4) is 5.75 Å². The van der Waals surface area contributed by atoms with Crippen molar-refractivity contribution in [3.63, 3.8) is 0 Å². The predicted octanol–water partition coefficient (Wildman–Crippen LogP) is -1.72. The lowest BCUT2D eigenvalue weighted by Gasteiger charge is -2.44. The van der Waals surface area contributed by atoms with Gasteiger partial charge in [-0.25, -0.2) is 4.79 Å². The standard InChI is InChI=1S/C23H28O12/c1-30-11-4-2-10(3-5-11)20(28)32-9-23(29)14-12(18-19(23)34-18)6-7-31-21(14)35-22-17(27)16(26)15(25)13(8-24)33-22/h2-7,12-19,21-22,24-27,29H,8-9H2,1H3. The smallest absolute Gasteiger partial charge is 0.338 e. The van der Waals surface area contributed by atoms with E-state index < -0.39 is 73.8 Å². The third kappa shape index (κ3) is 4.19. The fraction of sp³-hybridized carbons (Fsp3) is 0.609. The molecule has 12 nitrogen and oxygen atoms in total. The summed E-state index contributed by atoms with van der Waals surface area (Å²) in [6, 6.07) is 6.30. The molecular weight excluding hydrogens is 468 g/mol. The average molecular weight is 496 g/mol. The van der Waals surface area contributed by atoms with Gasteiger partial charge in [0.15, 0.2) is 6.29 Å². The van der Waals surface area contributed by atoms with Gasteiger partial charge in [-0.15, -0.1) is 0 Å². The Kier molecular flexibility index (Phi) is 6.48. The molecule has 3 heterocycles. The second-order valence-electron chi connectivity index (χ2n) is 9.09. The molecule has 0 amide bonds. The van der Waals surface area contributed by atoms with E-state index in [9.17, 15) is 30.3 Å². The Labute approximate surface area is 200 Å². The molecule has 1 aliphatic carbocycles. The van der Waals surface area contributed by atoms with Crippen LogP contribution in [-0.2, 0) is 23.7 Å². The maximum absolute atomic E-state index is 12.6. The van der Waals surface area contributed by atoms with E-state index in [0.29, 0.717) is 5.75 Å². The van der Waals surface area contributed by atoms with E-state index in [1.807, 2.05) is 0 Å². The Morgan fingerprint density at radius 2 is 1.80 bits per heavy atom. The zero-order valence-electron chi connectivity index (χ0n) is 18.7. The van der Waals surface area contributed by atoms with Gasteiger partial charge < -0.3 is 54.0 Å². The van der Waals surface area contributed by atoms with Crippen LogP contribution >= 0.6 is 0 Å². The molecule has 0 radical (unpaired) electrons. The van der Waals surface area contributed by atoms with E-state index in [0.717, 1.165) is 0 Å². The van der Waals surface area contributed by atoms with Gasteiger partial charge in [-0.2, -0.15) is 0 Å². The average Bonchev–Trinajstić information content (AvgIpc) is 3.65. The quantitative estimate of drug-likeness (QED) is 0.214. The molecule has 0 aromatic heterocycles. The molecule has 3 aliphatic heterocycles. The highest BCUT2D eigenvalue weighted by Gasteiger charge is 2.73. The van der Waals surface area contributed by atoms with Crippen LogP contribution in [-0.4, -0.2) is 107 Å². The summed E-state index contributed by atoms with van der Waals surface area (Å²) in [5.41, 5.74) is -1.41. The molecule has 1 aromatic rings. The molecule has 0 spiro atoms. The molecule has 35 heavy (non-hydrogen) atoms. The molecule has 5 rings (SSSR count). The Balaban J connectivity index is 1.31. The van der Waals surface area contributed by atoms with Crippen LogP contribution in [0.15, 0.2) is 36.6 Å². The Hall–Kier alpha value is -2.29. The van der Waals surface area contributed by atoms with E-state index in [4.69, 9.17) is 28.4 Å². The number of ether oxygens (including phenoxy) is 6. The normalized spacial score (nSPS) is 43.6. The van der Waals surface area contributed by atoms with Crippen molar-refractivity contribution >= 4 is 5.97 Å². The summed E-state index contributed by atoms with van der Waals surface area (Å²) in [6.07, 6.45) is -6.51. The lowest BCUT2D eigenvalue weighted by atomic mass is 9.83. The largest absolute Gasteiger partial charge is 0.497 e. The number of carbonyl (C=O) groups is 1. The first-order chi connectivity index (χ1) is 16.8. The van der Waals surface area contributed by atoms with Crippen LogP contribution in [0.4, 0.5) is 0 Å². The number of epoxide rings is 1. The van der Waals surface area contributed by atoms with Crippen molar-refractivity contribution < 1.29 is 58.7 Å². The maximum atomic E-state index is 12.6. The van der Waals surface area contributed by atoms with Gasteiger partial charge in [0.25, 0.3) is 0 Å². The van der Waals surface area contributed by atoms with Crippen molar-refractivity contribution in [2.75, 3.05) is 20.3 Å². The molecule has 1 saturated carbocycles. The number of methoxy groups -OCH3 is 1. The van der Waals surface area contributed by atoms with E-state index in [-0.39, 0.29) is 17.6 Å². The number of esters is 1. The third-order valence-electron chi connectivity index (χ3n) is 7.07. The van der Waals surface area contributed by atoms with Gasteiger partial charge in [0, 0.05) is 5.92 Å². The topological polar surface area (TPSA) is 177 Å². The minimum absolute atomic E-state index is 0.270. The molecule has 192 valence electrons. The highest BCUT2D eigenvalue weighted by atomic mass is 16.8. The Morgan fingerprint density at radius 3 is 2.49 bits per heavy atom. The second-order valence-corrected chi connectivity index (χ2v) is 9.09. The van der Waals surface area contributed by atoms with Gasteiger partial charge in [0.1, 0.15) is 48.5 Å². The van der Waals surface area contributed by atoms with E-state index in [1.165, 1.54) is 25.5 Å². The van der Waals surface area contributed by atoms with Crippen molar-refractivity contribution in [2.24, 2.45) is 11.8 Å². The molecule has 12 heteroatoms. The lowest BCUT2D eigenvalue weighted by Crippen LogP contribution is -2.61. The van der Waals surface area contributed by atoms with E-state index in [2.05, 4.69) is 0 Å². The first kappa shape index (κ1) is 24.4. The van der Waals surface area contributed by atoms with Crippen molar-refractivity contribution in [1.82, 2.24) is 0 Å². The number of carbonyl (C=O) groups excluding carboxylic acids is 1. The van der Waals surface area contributed by atoms with Crippen molar-refractivity contribution in [2.45, 2.75) is 54.8 Å². The fourth-order valence-electron chi connectivity index (χ4n) is 5.09. The van der Waals surface area contributed by atoms with Crippen LogP contribution in [0.2, 0.25) is 0 Å². The number of fused-ring (bicyclic) bond motifs is 3. The van der Waals surface area contributed by atoms with Crippen molar-refractivity contribution in [1.29, 1.82) is 0 Å². The van der Waals surface area contributed by atoms with Gasteiger partial charge in [0.05, 0.1) is 37.6 Å². The fourth-order valence-corrected chi connectivity index (χ4v) is 5.09. The van der Waals surface area contributed by atoms with E-state index in [1.54, 1.807) is 18.2 Å². The molecule has 0 bridgehead atoms. The van der Waals surface area contributed by atoms with Crippen molar-refractivity contribution in [3.05, 3.63) is 42.2 Å². The summed E-state index contributed by atoms with van der Waals surface area (Å²) in [5, 5.41) is 51.4. The van der Waals surface area contributed by atoms with Crippen LogP contribution in [0.5, 0.6) is 5.75 Å². The second kappa shape index (κ2) is 9.30. The van der Waals surface area contributed by atoms with Crippen LogP contribution in [0, 0.1) is 11.8 Å². The van der Waals surface area contributed by atoms with Crippen LogP contribution in [0.25, 0.3) is 0 Å². The van der Waals surface area contributed by atoms with Gasteiger partial charge in [-0.1, -0.05) is 0 Å². The molecule has 5 N–H and O–H groups in total. The SMILES string of the molecule is COc1ccc(C(=O)OCC2(O)C3OC3C3C=COC(OC4OC(CO)C(O)C(O)C4O)C32)cc1. The highest BCUT2D eigenvalue weighted by molar-refractivity contribution is 5.89. The first-order valence-corrected chi connectivity index (χ1v) is 11.3. The molecule has 4 aliphatic rings. The number of rotatable bonds is 7. The minimum atomic E-state index is -1.68. The molecule has 1 aromatic carbocycles. The van der Waals surface area contributed by atoms with Gasteiger partial charge >= 0.3 is 5.97 Å². The number of aliphatic hydroxyl groups excluding tert-OH is 4. The Morgan fingerprint density at radius 1 is 1.06 bits per heavy atom. The summed E-state index contributed by atoms with van der Waals surface area (Å²) >= 11 is 0. The lowest BCUT2D eigenvalue weighted by molar-refractivity contribution is -0.349. The molecule has 11 unspecified atom stereocenters. The zero-order chi connectivity index (χ0) is 24.9. The summed E-state index contributed by atoms with van der Waals surface area (Å²) in [6.45, 7) is -1.03. The monoisotopic (exact) mass is 496 g/mol. The molecule has 3 fully saturated rings. The maximum Gasteiger partial charge on any atom is 0.338 e. The summed E-state index contributed by atoms with van der Waals surface area (Å²) < 4.78 is 32.9. The molecule has 2 saturated heterocycles. The highest BCUT2D eigenvalue weighted by Crippen LogP contribution is 2.57. The predicted molar refractivity (Wildman–Crippen MR) is 113 cm³/mol. The zero-order valence-corrected chi connectivity index (χ0v) is 18.7. The summed E-state index contributed by atoms with van der Waals surface area (Å²) in [4.78, 5) is 12.6. The minimum Gasteiger partial charge on any atom is -0.497 e. The number of hydrogen-bond acceptors (Lipinski definition) is 12. The van der Waals surface area contributed by atoms with Crippen LogP contribution in [0.3, 0.4) is 0 Å². The molecular formula is C23H28O12. The van der Waals surface area contributed by atoms with Crippen LogP contribution < -0.4 is 4.74 Å². The van der Waals surface area contributed by atoms with Gasteiger partial charge in [-0.3, -0.25) is 0 Å². The molecule has 11 atom stereocenters. The number of hydrogen-bond donors (Lipinski definition) is 5. The van der Waals surface area contributed by atoms with Crippen LogP contribution in [0.1, 0.15) is 10.4 Å². The first-order valence-electron chi connectivity index (χ1n) is 11.3. The third-order valence-corrected chi connectivity index (χ3v) is 7.07. The summed E-state index contributed by atoms with van der Waals surface area (Å²) in [7, 11) is 1.51. The number of aliphatic hydroxyl groups is 5. The summed E-state index contributed by atoms with van der Waals surface area (Å²) in [5.74, 6) is -1.19.